The number of aromatic nitrogens is 3. The second kappa shape index (κ2) is 25.9. The number of anilines is 2. The molecule has 0 saturated carbocycles. The molecule has 424 valence electrons. The lowest BCUT2D eigenvalue weighted by Crippen LogP contribution is -2.60. The molecule has 2 aliphatic heterocycles. The summed E-state index contributed by atoms with van der Waals surface area (Å²) in [4.78, 5) is 50.4. The van der Waals surface area contributed by atoms with E-state index in [9.17, 15) is 60.3 Å². The summed E-state index contributed by atoms with van der Waals surface area (Å²) in [6.07, 6.45) is -13.1. The van der Waals surface area contributed by atoms with Crippen molar-refractivity contribution in [3.63, 3.8) is 0 Å². The van der Waals surface area contributed by atoms with Crippen molar-refractivity contribution in [1.82, 2.24) is 19.4 Å². The quantitative estimate of drug-likeness (QED) is 0.0462. The number of aliphatic hydroxyl groups excluding tert-OH is 8. The lowest BCUT2D eigenvalue weighted by atomic mass is 9.96. The average Bonchev–Trinajstić information content (AvgIpc) is 4.09. The number of hydrogen-bond donors (Lipinski definition) is 12. The highest BCUT2D eigenvalue weighted by molar-refractivity contribution is 6.10. The molecule has 1 unspecified atom stereocenters. The monoisotopic (exact) mass is 1100 g/mol. The number of hydrogen-bond acceptors (Lipinski definition) is 20. The van der Waals surface area contributed by atoms with Gasteiger partial charge in [-0.1, -0.05) is 55.8 Å². The van der Waals surface area contributed by atoms with Gasteiger partial charge in [-0.25, -0.2) is 19.6 Å². The highest BCUT2D eigenvalue weighted by atomic mass is 16.7. The third kappa shape index (κ3) is 13.4. The van der Waals surface area contributed by atoms with Crippen LogP contribution in [0.25, 0.3) is 21.9 Å². The summed E-state index contributed by atoms with van der Waals surface area (Å²) >= 11 is 0. The number of carbonyl (C=O) groups is 3. The molecule has 2 aliphatic rings. The van der Waals surface area contributed by atoms with E-state index in [0.29, 0.717) is 52.7 Å². The molecule has 0 bridgehead atoms. The summed E-state index contributed by atoms with van der Waals surface area (Å²) in [5.41, 5.74) is 10.4. The largest absolute Gasteiger partial charge is 0.478 e. The number of aryl methyl sites for hydroxylation is 1. The number of unbranched alkanes of at least 4 members (excludes halogenated alkanes) is 1. The maximum atomic E-state index is 13.5. The zero-order valence-corrected chi connectivity index (χ0v) is 43.7. The Balaban J connectivity index is 1.02. The molecule has 24 heteroatoms. The summed E-state index contributed by atoms with van der Waals surface area (Å²) in [6.45, 7) is 1.02. The van der Waals surface area contributed by atoms with E-state index in [2.05, 4.69) is 22.5 Å². The summed E-state index contributed by atoms with van der Waals surface area (Å²) in [5.74, 6) is -0.472. The molecule has 2 aromatic heterocycles. The van der Waals surface area contributed by atoms with Crippen molar-refractivity contribution in [1.29, 1.82) is 0 Å². The molecular weight excluding hydrogens is 1030 g/mol. The zero-order valence-electron chi connectivity index (χ0n) is 43.7. The Labute approximate surface area is 453 Å². The van der Waals surface area contributed by atoms with Gasteiger partial charge < -0.3 is 90.2 Å². The molecule has 6 aromatic rings. The number of aliphatic hydroxyl groups is 8. The fourth-order valence-electron chi connectivity index (χ4n) is 9.48. The first-order valence-electron chi connectivity index (χ1n) is 25.8. The lowest BCUT2D eigenvalue weighted by molar-refractivity contribution is -0.277. The van der Waals surface area contributed by atoms with Gasteiger partial charge in [0.2, 0.25) is 18.5 Å². The van der Waals surface area contributed by atoms with Crippen LogP contribution >= 0.6 is 0 Å². The molecule has 2 fully saturated rings. The molecule has 11 atom stereocenters. The predicted octanol–water partition coefficient (Wildman–Crippen LogP) is 1.91. The summed E-state index contributed by atoms with van der Waals surface area (Å²) in [5, 5.41) is 97.3. The number of carbonyl (C=O) groups excluding carboxylic acids is 2. The number of nitrogens with two attached hydrogens (primary N) is 1. The van der Waals surface area contributed by atoms with E-state index >= 15 is 0 Å². The van der Waals surface area contributed by atoms with Crippen LogP contribution in [0.5, 0.6) is 11.5 Å². The number of carboxylic acids is 1. The van der Waals surface area contributed by atoms with Crippen molar-refractivity contribution < 1.29 is 84.0 Å². The SMILES string of the molecule is CCCCc1nc2c(NC(=O)OCc3ccc(O[C@H]4O[C@H](CO)[C@@H](O)[C@H](O)[C@@H]4O)cc3)nc3cc(C(=O)O)ccc3c2n1Cc1ccc(C(Cc2ccc(O[C@H]3O[C@H](CO)[C@@H](O)[C@H](O)[C@@H]3O)c(NC(=O)CCN)c2)N(C)C)cc1. The van der Waals surface area contributed by atoms with Crippen molar-refractivity contribution >= 4 is 51.4 Å². The molecule has 4 aromatic carbocycles. The Kier molecular flexibility index (Phi) is 19.1. The number of amides is 2. The molecule has 8 rings (SSSR count). The molecule has 2 amide bonds. The van der Waals surface area contributed by atoms with E-state index in [1.165, 1.54) is 24.3 Å². The number of carboxylic acid groups (broad SMARTS) is 1. The first-order valence-corrected chi connectivity index (χ1v) is 25.8. The minimum absolute atomic E-state index is 0.0101. The number of nitrogens with one attached hydrogen (secondary N) is 2. The Morgan fingerprint density at radius 3 is 2.00 bits per heavy atom. The number of aromatic carboxylic acids is 1. The standard InChI is InChI=1S/C55H67N7O17/c1-4-5-6-41-59-43-44(34-17-14-32(52(72)73)23-35(34)58-51(43)60-55(74)75-27-29-9-15-33(16-10-29)76-53-49(70)47(68)45(66)39(25-63)78-53)62(41)24-28-7-12-31(13-8-28)37(61(2)3)22-30-11-18-38(36(21-30)57-42(65)19-20-56)77-54-50(71)48(69)46(67)40(26-64)79-54/h7-18,21,23,37,39-40,45-50,53-54,63-64,66-71H,4-6,19-20,22,24-27,56H2,1-3H3,(H,57,65)(H,72,73)(H,58,60,74)/t37?,39-,40-,45-,46-,47+,48+,49+,50+,53+,54+/m1/s1. The third-order valence-corrected chi connectivity index (χ3v) is 13.9. The van der Waals surface area contributed by atoms with Crippen molar-refractivity contribution in [3.8, 4) is 11.5 Å². The molecule has 0 aliphatic carbocycles. The van der Waals surface area contributed by atoms with Gasteiger partial charge >= 0.3 is 12.1 Å². The van der Waals surface area contributed by atoms with Gasteiger partial charge in [0.1, 0.15) is 78.3 Å². The van der Waals surface area contributed by atoms with Crippen LogP contribution in [0, 0.1) is 0 Å². The van der Waals surface area contributed by atoms with E-state index in [-0.39, 0.29) is 54.2 Å². The van der Waals surface area contributed by atoms with Gasteiger partial charge in [0.15, 0.2) is 5.82 Å². The van der Waals surface area contributed by atoms with Crippen molar-refractivity contribution in [2.45, 2.75) is 120 Å². The number of ether oxygens (including phenoxy) is 5. The van der Waals surface area contributed by atoms with Crippen LogP contribution in [-0.4, -0.2) is 179 Å². The van der Waals surface area contributed by atoms with Gasteiger partial charge in [0.05, 0.1) is 35.5 Å². The fraction of sp³-hybridized carbons (Fsp3) is 0.436. The highest BCUT2D eigenvalue weighted by Gasteiger charge is 2.46. The first kappa shape index (κ1) is 58.2. The number of nitrogens with zero attached hydrogens (tertiary/aromatic N) is 4. The van der Waals surface area contributed by atoms with Crippen LogP contribution in [-0.2, 0) is 45.0 Å². The van der Waals surface area contributed by atoms with E-state index in [1.54, 1.807) is 36.4 Å². The van der Waals surface area contributed by atoms with E-state index in [0.717, 1.165) is 29.5 Å². The Bertz CT molecular complexity index is 3070. The second-order valence-corrected chi connectivity index (χ2v) is 19.7. The van der Waals surface area contributed by atoms with Gasteiger partial charge in [-0.15, -0.1) is 0 Å². The van der Waals surface area contributed by atoms with Crippen LogP contribution in [0.4, 0.5) is 16.3 Å². The topological polar surface area (TPSA) is 363 Å². The summed E-state index contributed by atoms with van der Waals surface area (Å²) in [6, 6.07) is 23.8. The third-order valence-electron chi connectivity index (χ3n) is 13.9. The van der Waals surface area contributed by atoms with Crippen molar-refractivity contribution in [2.24, 2.45) is 5.73 Å². The summed E-state index contributed by atoms with van der Waals surface area (Å²) < 4.78 is 30.3. The molecule has 24 nitrogen and oxygen atoms in total. The lowest BCUT2D eigenvalue weighted by Gasteiger charge is -2.39. The molecule has 4 heterocycles. The van der Waals surface area contributed by atoms with Crippen LogP contribution < -0.4 is 25.8 Å². The molecule has 0 radical (unpaired) electrons. The molecule has 79 heavy (non-hydrogen) atoms. The maximum absolute atomic E-state index is 13.5. The van der Waals surface area contributed by atoms with E-state index < -0.39 is 92.6 Å². The number of benzene rings is 4. The number of imidazole rings is 1. The van der Waals surface area contributed by atoms with Gasteiger partial charge in [-0.2, -0.15) is 0 Å². The number of pyridine rings is 1. The van der Waals surface area contributed by atoms with Gasteiger partial charge in [-0.3, -0.25) is 10.1 Å². The van der Waals surface area contributed by atoms with E-state index in [4.69, 9.17) is 39.4 Å². The van der Waals surface area contributed by atoms with Crippen LogP contribution in [0.1, 0.15) is 70.7 Å². The Hall–Kier alpha value is -6.91. The second-order valence-electron chi connectivity index (χ2n) is 19.7. The molecular formula is C55H67N7O17. The van der Waals surface area contributed by atoms with Crippen LogP contribution in [0.15, 0.2) is 84.9 Å². The van der Waals surface area contributed by atoms with Crippen molar-refractivity contribution in [2.75, 3.05) is 44.5 Å². The minimum Gasteiger partial charge on any atom is -0.478 e. The number of rotatable bonds is 22. The van der Waals surface area contributed by atoms with Crippen LogP contribution in [0.2, 0.25) is 0 Å². The molecule has 0 spiro atoms. The Morgan fingerprint density at radius 1 is 0.759 bits per heavy atom. The number of fused-ring (bicyclic) bond motifs is 3. The van der Waals surface area contributed by atoms with Crippen molar-refractivity contribution in [3.05, 3.63) is 119 Å². The average molecular weight is 1100 g/mol. The molecule has 13 N–H and O–H groups in total. The minimum atomic E-state index is -1.68. The van der Waals surface area contributed by atoms with Crippen LogP contribution in [0.3, 0.4) is 0 Å². The fourth-order valence-corrected chi connectivity index (χ4v) is 9.48. The zero-order chi connectivity index (χ0) is 56.7. The normalized spacial score (nSPS) is 23.6. The van der Waals surface area contributed by atoms with Gasteiger partial charge in [-0.05, 0) is 91.7 Å². The molecule has 2 saturated heterocycles. The highest BCUT2D eigenvalue weighted by Crippen LogP contribution is 2.36. The van der Waals surface area contributed by atoms with E-state index in [1.807, 2.05) is 42.9 Å². The summed E-state index contributed by atoms with van der Waals surface area (Å²) in [7, 11) is 3.89. The predicted molar refractivity (Wildman–Crippen MR) is 284 cm³/mol. The number of likely N-dealkylation sites (N-methyl/N-ethyl adjacent to an activating group) is 1. The smallest absolute Gasteiger partial charge is 0.413 e. The van der Waals surface area contributed by atoms with Gasteiger partial charge in [0, 0.05) is 37.4 Å². The maximum Gasteiger partial charge on any atom is 0.413 e. The van der Waals surface area contributed by atoms with Gasteiger partial charge in [0.25, 0.3) is 0 Å². The first-order chi connectivity index (χ1) is 37.9. The Morgan fingerprint density at radius 2 is 1.39 bits per heavy atom.